The molecule has 1 amide bonds. The second-order valence-corrected chi connectivity index (χ2v) is 7.25. The van der Waals surface area contributed by atoms with Crippen LogP contribution in [0.5, 0.6) is 0 Å². The Labute approximate surface area is 170 Å². The second kappa shape index (κ2) is 7.80. The summed E-state index contributed by atoms with van der Waals surface area (Å²) >= 11 is 7.21. The quantitative estimate of drug-likeness (QED) is 0.442. The number of anilines is 1. The van der Waals surface area contributed by atoms with E-state index in [4.69, 9.17) is 11.6 Å². The molecule has 0 aliphatic carbocycles. The lowest BCUT2D eigenvalue weighted by molar-refractivity contribution is 0.0996. The number of ketones is 1. The van der Waals surface area contributed by atoms with Crippen LogP contribution in [0.15, 0.2) is 72.2 Å². The van der Waals surface area contributed by atoms with Crippen molar-refractivity contribution in [3.63, 3.8) is 0 Å². The molecule has 4 aromatic rings. The molecule has 0 radical (unpaired) electrons. The Bertz CT molecular complexity index is 1130. The van der Waals surface area contributed by atoms with E-state index in [9.17, 15) is 9.59 Å². The number of carbonyl (C=O) groups is 2. The smallest absolute Gasteiger partial charge is 0.258 e. The van der Waals surface area contributed by atoms with Gasteiger partial charge in [0.25, 0.3) is 5.91 Å². The van der Waals surface area contributed by atoms with Crippen LogP contribution in [0.1, 0.15) is 26.3 Å². The van der Waals surface area contributed by atoms with Crippen LogP contribution in [-0.2, 0) is 0 Å². The molecule has 2 N–H and O–H groups in total. The van der Waals surface area contributed by atoms with Crippen molar-refractivity contribution < 1.29 is 9.59 Å². The fourth-order valence-corrected chi connectivity index (χ4v) is 3.58. The predicted octanol–water partition coefficient (Wildman–Crippen LogP) is 5.27. The number of hydrogen-bond donors (Lipinski definition) is 2. The van der Waals surface area contributed by atoms with Crippen LogP contribution in [0.2, 0.25) is 5.02 Å². The molecule has 4 rings (SSSR count). The van der Waals surface area contributed by atoms with Gasteiger partial charge in [0.05, 0.1) is 17.0 Å². The Morgan fingerprint density at radius 3 is 2.43 bits per heavy atom. The molecular formula is C21H14ClN3O2S. The van der Waals surface area contributed by atoms with Crippen molar-refractivity contribution in [1.82, 2.24) is 9.97 Å². The normalized spacial score (nSPS) is 10.6. The lowest BCUT2D eigenvalue weighted by Gasteiger charge is -2.08. The molecule has 0 atom stereocenters. The predicted molar refractivity (Wildman–Crippen MR) is 111 cm³/mol. The zero-order valence-electron chi connectivity index (χ0n) is 14.5. The second-order valence-electron chi connectivity index (χ2n) is 5.96. The SMILES string of the molecule is O=C(Nc1nc(-c2ccc[nH]2)cs1)c1ccccc1C(=O)c1ccc(Cl)cc1. The first-order valence-corrected chi connectivity index (χ1v) is 9.67. The molecule has 0 unspecified atom stereocenters. The van der Waals surface area contributed by atoms with Crippen molar-refractivity contribution in [1.29, 1.82) is 0 Å². The molecule has 138 valence electrons. The minimum atomic E-state index is -0.384. The summed E-state index contributed by atoms with van der Waals surface area (Å²) in [7, 11) is 0. The van der Waals surface area contributed by atoms with Crippen molar-refractivity contribution in [3.05, 3.63) is 94.0 Å². The average molecular weight is 408 g/mol. The summed E-state index contributed by atoms with van der Waals surface area (Å²) in [6, 6.07) is 17.1. The van der Waals surface area contributed by atoms with Crippen LogP contribution in [0.25, 0.3) is 11.4 Å². The first kappa shape index (κ1) is 18.2. The van der Waals surface area contributed by atoms with Gasteiger partial charge in [-0.3, -0.25) is 14.9 Å². The van der Waals surface area contributed by atoms with Crippen LogP contribution >= 0.6 is 22.9 Å². The van der Waals surface area contributed by atoms with Gasteiger partial charge < -0.3 is 4.98 Å². The van der Waals surface area contributed by atoms with Gasteiger partial charge in [-0.25, -0.2) is 4.98 Å². The van der Waals surface area contributed by atoms with E-state index < -0.39 is 0 Å². The number of hydrogen-bond acceptors (Lipinski definition) is 4. The number of aromatic nitrogens is 2. The zero-order chi connectivity index (χ0) is 19.5. The molecule has 2 heterocycles. The summed E-state index contributed by atoms with van der Waals surface area (Å²) in [6.45, 7) is 0. The maximum atomic E-state index is 12.9. The first-order valence-electron chi connectivity index (χ1n) is 8.42. The first-order chi connectivity index (χ1) is 13.6. The minimum absolute atomic E-state index is 0.242. The van der Waals surface area contributed by atoms with Crippen LogP contribution < -0.4 is 5.32 Å². The Morgan fingerprint density at radius 2 is 1.71 bits per heavy atom. The van der Waals surface area contributed by atoms with Gasteiger partial charge in [0, 0.05) is 27.7 Å². The highest BCUT2D eigenvalue weighted by atomic mass is 35.5. The number of benzene rings is 2. The van der Waals surface area contributed by atoms with Gasteiger partial charge in [-0.1, -0.05) is 29.8 Å². The molecule has 7 heteroatoms. The Kier molecular flexibility index (Phi) is 5.06. The molecule has 28 heavy (non-hydrogen) atoms. The average Bonchev–Trinajstić information content (AvgIpc) is 3.40. The third kappa shape index (κ3) is 3.74. The van der Waals surface area contributed by atoms with Gasteiger partial charge in [0.1, 0.15) is 0 Å². The van der Waals surface area contributed by atoms with E-state index in [1.54, 1.807) is 48.5 Å². The standard InChI is InChI=1S/C21H14ClN3O2S/c22-14-9-7-13(8-10-14)19(26)15-4-1-2-5-16(15)20(27)25-21-24-18(12-28-21)17-6-3-11-23-17/h1-12,23H,(H,24,25,27). The van der Waals surface area contributed by atoms with Gasteiger partial charge in [0.15, 0.2) is 10.9 Å². The fraction of sp³-hybridized carbons (Fsp3) is 0. The Morgan fingerprint density at radius 1 is 0.964 bits per heavy atom. The summed E-state index contributed by atoms with van der Waals surface area (Å²) in [5, 5.41) is 5.64. The fourth-order valence-electron chi connectivity index (χ4n) is 2.74. The van der Waals surface area contributed by atoms with Crippen molar-refractivity contribution in [2.45, 2.75) is 0 Å². The van der Waals surface area contributed by atoms with E-state index in [0.717, 1.165) is 11.4 Å². The molecule has 0 saturated carbocycles. The van der Waals surface area contributed by atoms with E-state index in [-0.39, 0.29) is 11.7 Å². The van der Waals surface area contributed by atoms with Gasteiger partial charge in [-0.2, -0.15) is 0 Å². The van der Waals surface area contributed by atoms with Crippen LogP contribution in [0.3, 0.4) is 0 Å². The topological polar surface area (TPSA) is 74.8 Å². The molecule has 0 fully saturated rings. The van der Waals surface area contributed by atoms with Crippen molar-refractivity contribution in [2.75, 3.05) is 5.32 Å². The van der Waals surface area contributed by atoms with Crippen LogP contribution in [0, 0.1) is 0 Å². The molecule has 2 aromatic carbocycles. The minimum Gasteiger partial charge on any atom is -0.360 e. The third-order valence-electron chi connectivity index (χ3n) is 4.12. The lowest BCUT2D eigenvalue weighted by atomic mass is 9.98. The molecule has 0 aliphatic heterocycles. The number of carbonyl (C=O) groups excluding carboxylic acids is 2. The number of H-pyrrole nitrogens is 1. The molecule has 0 saturated heterocycles. The number of nitrogens with zero attached hydrogens (tertiary/aromatic N) is 1. The highest BCUT2D eigenvalue weighted by Crippen LogP contribution is 2.24. The van der Waals surface area contributed by atoms with Crippen LogP contribution in [0.4, 0.5) is 5.13 Å². The Balaban J connectivity index is 1.58. The zero-order valence-corrected chi connectivity index (χ0v) is 16.1. The van der Waals surface area contributed by atoms with E-state index in [0.29, 0.717) is 26.8 Å². The van der Waals surface area contributed by atoms with E-state index >= 15 is 0 Å². The van der Waals surface area contributed by atoms with Crippen molar-refractivity contribution in [2.24, 2.45) is 0 Å². The van der Waals surface area contributed by atoms with Crippen molar-refractivity contribution >= 4 is 39.8 Å². The van der Waals surface area contributed by atoms with E-state index in [2.05, 4.69) is 15.3 Å². The molecule has 2 aromatic heterocycles. The van der Waals surface area contributed by atoms with E-state index in [1.165, 1.54) is 11.3 Å². The maximum absolute atomic E-state index is 12.9. The van der Waals surface area contributed by atoms with E-state index in [1.807, 2.05) is 23.7 Å². The summed E-state index contributed by atoms with van der Waals surface area (Å²) in [4.78, 5) is 33.1. The Hall–Kier alpha value is -3.22. The number of amides is 1. The third-order valence-corrected chi connectivity index (χ3v) is 5.13. The molecule has 5 nitrogen and oxygen atoms in total. The number of nitrogens with one attached hydrogen (secondary N) is 2. The van der Waals surface area contributed by atoms with Gasteiger partial charge in [-0.05, 0) is 42.5 Å². The summed E-state index contributed by atoms with van der Waals surface area (Å²) in [6.07, 6.45) is 1.81. The summed E-state index contributed by atoms with van der Waals surface area (Å²) in [5.41, 5.74) is 2.70. The molecule has 0 spiro atoms. The van der Waals surface area contributed by atoms with Gasteiger partial charge >= 0.3 is 0 Å². The van der Waals surface area contributed by atoms with Crippen molar-refractivity contribution in [3.8, 4) is 11.4 Å². The molecule has 0 aliphatic rings. The number of rotatable bonds is 5. The lowest BCUT2D eigenvalue weighted by Crippen LogP contribution is -2.16. The van der Waals surface area contributed by atoms with Gasteiger partial charge in [-0.15, -0.1) is 11.3 Å². The maximum Gasteiger partial charge on any atom is 0.258 e. The summed E-state index contributed by atoms with van der Waals surface area (Å²) < 4.78 is 0. The van der Waals surface area contributed by atoms with Crippen LogP contribution in [-0.4, -0.2) is 21.7 Å². The molecule has 0 bridgehead atoms. The van der Waals surface area contributed by atoms with Gasteiger partial charge in [0.2, 0.25) is 0 Å². The monoisotopic (exact) mass is 407 g/mol. The molecular weight excluding hydrogens is 394 g/mol. The number of aromatic amines is 1. The number of halogens is 1. The summed E-state index contributed by atoms with van der Waals surface area (Å²) in [5.74, 6) is -0.626. The number of thiazole rings is 1. The highest BCUT2D eigenvalue weighted by molar-refractivity contribution is 7.14. The largest absolute Gasteiger partial charge is 0.360 e. The highest BCUT2D eigenvalue weighted by Gasteiger charge is 2.19.